The van der Waals surface area contributed by atoms with Gasteiger partial charge in [-0.15, -0.1) is 0 Å². The van der Waals surface area contributed by atoms with E-state index in [4.69, 9.17) is 38.1 Å². The molecule has 2 fully saturated rings. The zero-order chi connectivity index (χ0) is 41.7. The Labute approximate surface area is 331 Å². The number of aromatic nitrogens is 8. The topological polar surface area (TPSA) is 314 Å². The molecule has 4 N–H and O–H groups in total. The molecule has 0 spiro atoms. The number of phosphoric acid groups is 1. The number of benzene rings is 1. The lowest BCUT2D eigenvalue weighted by Crippen LogP contribution is -2.34. The van der Waals surface area contributed by atoms with Gasteiger partial charge in [-0.05, 0) is 12.1 Å². The van der Waals surface area contributed by atoms with Gasteiger partial charge in [0.25, 0.3) is 11.5 Å². The van der Waals surface area contributed by atoms with Crippen LogP contribution in [0.5, 0.6) is 0 Å². The van der Waals surface area contributed by atoms with E-state index in [1.807, 2.05) is 6.07 Å². The number of rotatable bonds is 17. The van der Waals surface area contributed by atoms with Crippen LogP contribution in [0.25, 0.3) is 22.3 Å². The number of aliphatic hydroxyl groups is 1. The average molecular weight is 858 g/mol. The molecule has 2 saturated heterocycles. The summed E-state index contributed by atoms with van der Waals surface area (Å²) >= 11 is 0. The van der Waals surface area contributed by atoms with Gasteiger partial charge in [-0.25, -0.2) is 33.9 Å². The normalized spacial score (nSPS) is 25.0. The summed E-state index contributed by atoms with van der Waals surface area (Å²) in [6.45, 7) is -2.58. The molecule has 7 rings (SSSR count). The standard InChI is InChI=1S/C33H34FN11O12P2/c34-24-27(20(13-46)56-33(24)45-18-42-26-30(45)39-16-40-32(26)48)57-59(51,53-11-5-9-36)54-14-21-22(58(49,50)52-10-4-8-35)12-23(55-21)44-17-41-25-28(37-15-38-29(25)44)43-31(47)19-6-2-1-3-7-19/h1-3,6-7,15-18,20-24,27,33,46H,4-5,10-14H2,(H,49,50)(H,39,40,48)(H,37,38,43,47)/t20?,21?,22-,23?,24+,27+,33?,59?/m0/s1. The zero-order valence-corrected chi connectivity index (χ0v) is 32.3. The number of ether oxygens (including phenoxy) is 2. The highest BCUT2D eigenvalue weighted by Gasteiger charge is 2.53. The number of H-pyrrole nitrogens is 1. The number of anilines is 1. The van der Waals surface area contributed by atoms with E-state index in [1.165, 1.54) is 17.2 Å². The van der Waals surface area contributed by atoms with Crippen molar-refractivity contribution in [1.82, 2.24) is 39.0 Å². The van der Waals surface area contributed by atoms with Crippen LogP contribution in [0, 0.1) is 22.7 Å². The predicted molar refractivity (Wildman–Crippen MR) is 197 cm³/mol. The van der Waals surface area contributed by atoms with E-state index < -0.39 is 95.9 Å². The summed E-state index contributed by atoms with van der Waals surface area (Å²) in [6, 6.07) is 12.0. The first-order valence-corrected chi connectivity index (χ1v) is 20.9. The van der Waals surface area contributed by atoms with Crippen LogP contribution in [0.2, 0.25) is 0 Å². The second-order valence-electron chi connectivity index (χ2n) is 12.9. The largest absolute Gasteiger partial charge is 0.475 e. The Hall–Kier alpha value is -5.36. The van der Waals surface area contributed by atoms with Crippen LogP contribution >= 0.6 is 15.4 Å². The van der Waals surface area contributed by atoms with Crippen LogP contribution in [0.4, 0.5) is 10.2 Å². The fourth-order valence-corrected chi connectivity index (χ4v) is 9.43. The number of imidazole rings is 2. The van der Waals surface area contributed by atoms with Gasteiger partial charge in [-0.1, -0.05) is 18.2 Å². The summed E-state index contributed by atoms with van der Waals surface area (Å²) in [7, 11) is -9.62. The number of alkyl halides is 1. The first kappa shape index (κ1) is 41.8. The molecule has 4 aromatic heterocycles. The van der Waals surface area contributed by atoms with Gasteiger partial charge in [0.05, 0.1) is 82.2 Å². The summed E-state index contributed by atoms with van der Waals surface area (Å²) < 4.78 is 80.4. The van der Waals surface area contributed by atoms with Gasteiger partial charge in [0, 0.05) is 12.0 Å². The number of hydrogen-bond donors (Lipinski definition) is 4. The number of nitrogens with zero attached hydrogens (tertiary/aromatic N) is 9. The number of amides is 1. The molecule has 0 bridgehead atoms. The minimum absolute atomic E-state index is 0.0573. The van der Waals surface area contributed by atoms with E-state index in [9.17, 15) is 28.7 Å². The lowest BCUT2D eigenvalue weighted by atomic mass is 10.1. The molecule has 310 valence electrons. The van der Waals surface area contributed by atoms with Gasteiger partial charge in [0.15, 0.2) is 40.5 Å². The molecule has 6 heterocycles. The molecule has 9 atom stereocenters. The maximum atomic E-state index is 16.2. The van der Waals surface area contributed by atoms with Crippen LogP contribution in [0.1, 0.15) is 42.1 Å². The average Bonchev–Trinajstić information content (AvgIpc) is 4.03. The minimum atomic E-state index is -4.96. The summed E-state index contributed by atoms with van der Waals surface area (Å²) in [5.41, 5.74) is -1.53. The molecule has 0 radical (unpaired) electrons. The molecule has 1 amide bonds. The molecule has 0 aliphatic carbocycles. The molecule has 1 aromatic carbocycles. The number of carbonyl (C=O) groups is 1. The molecular weight excluding hydrogens is 823 g/mol. The van der Waals surface area contributed by atoms with E-state index in [2.05, 4.69) is 35.2 Å². The van der Waals surface area contributed by atoms with Crippen molar-refractivity contribution in [3.05, 3.63) is 71.6 Å². The van der Waals surface area contributed by atoms with Crippen LogP contribution in [-0.2, 0) is 36.7 Å². The van der Waals surface area contributed by atoms with Gasteiger partial charge >= 0.3 is 15.4 Å². The van der Waals surface area contributed by atoms with Gasteiger partial charge in [0.2, 0.25) is 0 Å². The van der Waals surface area contributed by atoms with Crippen LogP contribution in [-0.4, -0.2) is 112 Å². The number of phosphoric ester groups is 1. The van der Waals surface area contributed by atoms with Gasteiger partial charge in [0.1, 0.15) is 24.8 Å². The molecule has 23 nitrogen and oxygen atoms in total. The molecular formula is C33H34FN11O12P2. The Morgan fingerprint density at radius 3 is 2.42 bits per heavy atom. The molecule has 2 aliphatic heterocycles. The van der Waals surface area contributed by atoms with E-state index in [0.717, 1.165) is 17.2 Å². The first-order valence-electron chi connectivity index (χ1n) is 17.7. The van der Waals surface area contributed by atoms with Crippen LogP contribution in [0.3, 0.4) is 0 Å². The van der Waals surface area contributed by atoms with E-state index in [1.54, 1.807) is 36.4 Å². The van der Waals surface area contributed by atoms with Crippen molar-refractivity contribution in [2.45, 2.75) is 61.9 Å². The lowest BCUT2D eigenvalue weighted by molar-refractivity contribution is -0.0513. The van der Waals surface area contributed by atoms with Crippen molar-refractivity contribution in [3.8, 4) is 12.1 Å². The number of hydrogen-bond acceptors (Lipinski definition) is 18. The highest BCUT2D eigenvalue weighted by atomic mass is 31.2. The summed E-state index contributed by atoms with van der Waals surface area (Å²) in [5.74, 6) is -0.407. The Morgan fingerprint density at radius 2 is 1.68 bits per heavy atom. The molecule has 59 heavy (non-hydrogen) atoms. The fourth-order valence-electron chi connectivity index (χ4n) is 6.48. The number of aliphatic hydroxyl groups excluding tert-OH is 1. The Morgan fingerprint density at radius 1 is 0.966 bits per heavy atom. The number of fused-ring (bicyclic) bond motifs is 2. The highest BCUT2D eigenvalue weighted by Crippen LogP contribution is 2.58. The Bertz CT molecular complexity index is 2550. The third-order valence-electron chi connectivity index (χ3n) is 9.25. The third kappa shape index (κ3) is 8.83. The lowest BCUT2D eigenvalue weighted by Gasteiger charge is -2.27. The Balaban J connectivity index is 1.13. The summed E-state index contributed by atoms with van der Waals surface area (Å²) in [4.78, 5) is 59.3. The first-order chi connectivity index (χ1) is 28.5. The van der Waals surface area contributed by atoms with Crippen LogP contribution in [0.15, 0.2) is 60.4 Å². The maximum absolute atomic E-state index is 16.2. The van der Waals surface area contributed by atoms with E-state index in [-0.39, 0.29) is 47.4 Å². The number of halogens is 1. The van der Waals surface area contributed by atoms with Crippen molar-refractivity contribution >= 4 is 49.5 Å². The number of aromatic amines is 1. The Kier molecular flexibility index (Phi) is 12.7. The van der Waals surface area contributed by atoms with E-state index in [0.29, 0.717) is 5.56 Å². The summed E-state index contributed by atoms with van der Waals surface area (Å²) in [5, 5.41) is 31.0. The second-order valence-corrected chi connectivity index (χ2v) is 16.6. The number of carbonyl (C=O) groups excluding carboxylic acids is 1. The molecule has 5 aromatic rings. The molecule has 0 saturated carbocycles. The minimum Gasteiger partial charge on any atom is -0.394 e. The predicted octanol–water partition coefficient (Wildman–Crippen LogP) is 2.65. The molecule has 2 aliphatic rings. The molecule has 26 heteroatoms. The maximum Gasteiger partial charge on any atom is 0.475 e. The van der Waals surface area contributed by atoms with Crippen molar-refractivity contribution < 1.29 is 55.9 Å². The van der Waals surface area contributed by atoms with Crippen molar-refractivity contribution in [1.29, 1.82) is 10.5 Å². The van der Waals surface area contributed by atoms with Crippen molar-refractivity contribution in [3.63, 3.8) is 0 Å². The smallest absolute Gasteiger partial charge is 0.394 e. The van der Waals surface area contributed by atoms with Crippen molar-refractivity contribution in [2.24, 2.45) is 0 Å². The second kappa shape index (κ2) is 17.9. The SMILES string of the molecule is N#CCCOP(=O)(OCC1OC(n2cnc3c(NC(=O)c4ccccc4)ncnc32)C[C@@H]1P(=O)(O)OCCC#N)O[C@@H]1C(CO)OC(n2cnc3c(=O)[nH]cnc32)[C@@H]1F. The highest BCUT2D eigenvalue weighted by molar-refractivity contribution is 7.53. The number of nitrogens with one attached hydrogen (secondary N) is 2. The van der Waals surface area contributed by atoms with E-state index >= 15 is 4.39 Å². The quantitative estimate of drug-likeness (QED) is 0.0771. The third-order valence-corrected chi connectivity index (χ3v) is 12.6. The van der Waals surface area contributed by atoms with Crippen LogP contribution < -0.4 is 10.9 Å². The molecule has 6 unspecified atom stereocenters. The monoisotopic (exact) mass is 857 g/mol. The summed E-state index contributed by atoms with van der Waals surface area (Å²) in [6.07, 6.45) is -5.75. The van der Waals surface area contributed by atoms with Gasteiger partial charge < -0.3 is 34.3 Å². The number of nitriles is 2. The van der Waals surface area contributed by atoms with Gasteiger partial charge in [-0.2, -0.15) is 10.5 Å². The van der Waals surface area contributed by atoms with Crippen molar-refractivity contribution in [2.75, 3.05) is 31.7 Å². The fraction of sp³-hybridized carbons (Fsp3) is 0.424. The zero-order valence-electron chi connectivity index (χ0n) is 30.5. The van der Waals surface area contributed by atoms with Gasteiger partial charge in [-0.3, -0.25) is 36.9 Å².